The number of hydrogen-bond acceptors (Lipinski definition) is 4. The van der Waals surface area contributed by atoms with E-state index >= 15 is 0 Å². The SMILES string of the molecule is CCCC/C(=N/c1ncn(Cc2ccccc2)c1C#N)OC. The van der Waals surface area contributed by atoms with Crippen LogP contribution in [0.3, 0.4) is 0 Å². The third-order valence-electron chi connectivity index (χ3n) is 3.33. The zero-order valence-electron chi connectivity index (χ0n) is 13.0. The van der Waals surface area contributed by atoms with E-state index in [1.165, 1.54) is 0 Å². The van der Waals surface area contributed by atoms with Gasteiger partial charge in [-0.05, 0) is 12.0 Å². The Hall–Kier alpha value is -2.61. The van der Waals surface area contributed by atoms with E-state index in [2.05, 4.69) is 23.0 Å². The molecule has 1 aromatic carbocycles. The lowest BCUT2D eigenvalue weighted by atomic mass is 10.2. The quantitative estimate of drug-likeness (QED) is 0.603. The van der Waals surface area contributed by atoms with E-state index in [9.17, 15) is 5.26 Å². The number of hydrogen-bond donors (Lipinski definition) is 0. The van der Waals surface area contributed by atoms with E-state index in [1.54, 1.807) is 18.0 Å². The summed E-state index contributed by atoms with van der Waals surface area (Å²) in [5.74, 6) is 1.04. The Morgan fingerprint density at radius 2 is 2.14 bits per heavy atom. The minimum atomic E-state index is 0.423. The Labute approximate surface area is 130 Å². The van der Waals surface area contributed by atoms with Gasteiger partial charge in [-0.25, -0.2) is 4.98 Å². The summed E-state index contributed by atoms with van der Waals surface area (Å²) in [5.41, 5.74) is 1.57. The molecular formula is C17H20N4O. The molecule has 0 spiro atoms. The summed E-state index contributed by atoms with van der Waals surface area (Å²) in [4.78, 5) is 8.64. The van der Waals surface area contributed by atoms with Crippen LogP contribution in [0.1, 0.15) is 37.4 Å². The van der Waals surface area contributed by atoms with Crippen molar-refractivity contribution in [1.82, 2.24) is 9.55 Å². The molecule has 0 saturated heterocycles. The lowest BCUT2D eigenvalue weighted by Gasteiger charge is -2.05. The van der Waals surface area contributed by atoms with Crippen LogP contribution < -0.4 is 0 Å². The molecule has 0 fully saturated rings. The largest absolute Gasteiger partial charge is 0.484 e. The van der Waals surface area contributed by atoms with Crippen molar-refractivity contribution in [3.63, 3.8) is 0 Å². The predicted octanol–water partition coefficient (Wildman–Crippen LogP) is 3.67. The van der Waals surface area contributed by atoms with Crippen molar-refractivity contribution in [3.05, 3.63) is 47.9 Å². The monoisotopic (exact) mass is 296 g/mol. The zero-order valence-corrected chi connectivity index (χ0v) is 13.0. The second-order valence-corrected chi connectivity index (χ2v) is 4.96. The molecule has 0 amide bonds. The maximum Gasteiger partial charge on any atom is 0.192 e. The van der Waals surface area contributed by atoms with Crippen molar-refractivity contribution in [1.29, 1.82) is 5.26 Å². The summed E-state index contributed by atoms with van der Waals surface area (Å²) in [5, 5.41) is 9.41. The molecule has 114 valence electrons. The predicted molar refractivity (Wildman–Crippen MR) is 86.1 cm³/mol. The van der Waals surface area contributed by atoms with Crippen LogP contribution in [0.2, 0.25) is 0 Å². The third kappa shape index (κ3) is 3.95. The van der Waals surface area contributed by atoms with Gasteiger partial charge in [0.1, 0.15) is 6.07 Å². The maximum atomic E-state index is 9.41. The van der Waals surface area contributed by atoms with Gasteiger partial charge in [-0.3, -0.25) is 0 Å². The number of aliphatic imine (C=N–C) groups is 1. The first kappa shape index (κ1) is 15.8. The lowest BCUT2D eigenvalue weighted by Crippen LogP contribution is -2.02. The molecule has 22 heavy (non-hydrogen) atoms. The molecule has 1 aromatic heterocycles. The smallest absolute Gasteiger partial charge is 0.192 e. The van der Waals surface area contributed by atoms with Crippen molar-refractivity contribution in [2.45, 2.75) is 32.7 Å². The van der Waals surface area contributed by atoms with Gasteiger partial charge >= 0.3 is 0 Å². The first-order chi connectivity index (χ1) is 10.8. The molecule has 2 rings (SSSR count). The fourth-order valence-electron chi connectivity index (χ4n) is 2.12. The number of ether oxygens (including phenoxy) is 1. The molecule has 0 N–H and O–H groups in total. The molecule has 0 atom stereocenters. The van der Waals surface area contributed by atoms with E-state index in [0.29, 0.717) is 24.0 Å². The highest BCUT2D eigenvalue weighted by Crippen LogP contribution is 2.18. The number of nitrogens with zero attached hydrogens (tertiary/aromatic N) is 4. The number of nitriles is 1. The molecule has 0 saturated carbocycles. The Balaban J connectivity index is 2.24. The van der Waals surface area contributed by atoms with E-state index in [0.717, 1.165) is 24.8 Å². The van der Waals surface area contributed by atoms with Crippen LogP contribution in [0, 0.1) is 11.3 Å². The Morgan fingerprint density at radius 1 is 1.36 bits per heavy atom. The van der Waals surface area contributed by atoms with E-state index in [-0.39, 0.29) is 0 Å². The first-order valence-electron chi connectivity index (χ1n) is 7.39. The van der Waals surface area contributed by atoms with Gasteiger partial charge in [-0.2, -0.15) is 10.3 Å². The van der Waals surface area contributed by atoms with Gasteiger partial charge in [0.05, 0.1) is 13.4 Å². The Kier molecular flexibility index (Phi) is 5.73. The highest BCUT2D eigenvalue weighted by atomic mass is 16.5. The minimum absolute atomic E-state index is 0.423. The average molecular weight is 296 g/mol. The molecule has 5 nitrogen and oxygen atoms in total. The summed E-state index contributed by atoms with van der Waals surface area (Å²) in [6.07, 6.45) is 4.47. The molecule has 0 unspecified atom stereocenters. The van der Waals surface area contributed by atoms with Crippen molar-refractivity contribution < 1.29 is 4.74 Å². The molecular weight excluding hydrogens is 276 g/mol. The number of imidazole rings is 1. The molecule has 0 aliphatic heterocycles. The van der Waals surface area contributed by atoms with Gasteiger partial charge in [-0.1, -0.05) is 43.7 Å². The van der Waals surface area contributed by atoms with Crippen molar-refractivity contribution >= 4 is 11.7 Å². The van der Waals surface area contributed by atoms with Crippen LogP contribution in [-0.2, 0) is 11.3 Å². The van der Waals surface area contributed by atoms with Gasteiger partial charge in [0.15, 0.2) is 17.4 Å². The van der Waals surface area contributed by atoms with Gasteiger partial charge in [0.25, 0.3) is 0 Å². The lowest BCUT2D eigenvalue weighted by molar-refractivity contribution is 0.388. The van der Waals surface area contributed by atoms with Gasteiger partial charge < -0.3 is 9.30 Å². The third-order valence-corrected chi connectivity index (χ3v) is 3.33. The molecule has 2 aromatic rings. The van der Waals surface area contributed by atoms with Crippen LogP contribution in [-0.4, -0.2) is 22.6 Å². The second kappa shape index (κ2) is 7.99. The number of unbranched alkanes of at least 4 members (excludes halogenated alkanes) is 1. The molecule has 0 radical (unpaired) electrons. The van der Waals surface area contributed by atoms with E-state index in [4.69, 9.17) is 4.74 Å². The summed E-state index contributed by atoms with van der Waals surface area (Å²) in [6.45, 7) is 2.71. The van der Waals surface area contributed by atoms with Crippen molar-refractivity contribution in [2.24, 2.45) is 4.99 Å². The summed E-state index contributed by atoms with van der Waals surface area (Å²) < 4.78 is 7.08. The fraction of sp³-hybridized carbons (Fsp3) is 0.353. The number of methoxy groups -OCH3 is 1. The minimum Gasteiger partial charge on any atom is -0.484 e. The number of rotatable bonds is 6. The van der Waals surface area contributed by atoms with E-state index < -0.39 is 0 Å². The highest BCUT2D eigenvalue weighted by Gasteiger charge is 2.11. The number of benzene rings is 1. The normalized spacial score (nSPS) is 11.2. The molecule has 5 heteroatoms. The summed E-state index contributed by atoms with van der Waals surface area (Å²) in [6, 6.07) is 12.2. The molecule has 0 aliphatic rings. The number of aromatic nitrogens is 2. The summed E-state index contributed by atoms with van der Waals surface area (Å²) >= 11 is 0. The topological polar surface area (TPSA) is 63.2 Å². The fourth-order valence-corrected chi connectivity index (χ4v) is 2.12. The van der Waals surface area contributed by atoms with Crippen molar-refractivity contribution in [3.8, 4) is 6.07 Å². The molecule has 0 aliphatic carbocycles. The van der Waals surface area contributed by atoms with Crippen LogP contribution >= 0.6 is 0 Å². The van der Waals surface area contributed by atoms with Crippen molar-refractivity contribution in [2.75, 3.05) is 7.11 Å². The maximum absolute atomic E-state index is 9.41. The molecule has 0 bridgehead atoms. The average Bonchev–Trinajstić information content (AvgIpc) is 2.93. The molecule has 1 heterocycles. The van der Waals surface area contributed by atoms with Crippen LogP contribution in [0.4, 0.5) is 5.82 Å². The highest BCUT2D eigenvalue weighted by molar-refractivity contribution is 5.79. The zero-order chi connectivity index (χ0) is 15.8. The van der Waals surface area contributed by atoms with E-state index in [1.807, 2.05) is 30.3 Å². The standard InChI is InChI=1S/C17H20N4O/c1-3-4-10-16(22-2)20-17-15(11-18)21(13-19-17)12-14-8-6-5-7-9-14/h5-9,13H,3-4,10,12H2,1-2H3/b20-16-. The Morgan fingerprint density at radius 3 is 2.77 bits per heavy atom. The van der Waals surface area contributed by atoms with Crippen LogP contribution in [0.25, 0.3) is 0 Å². The first-order valence-corrected chi connectivity index (χ1v) is 7.39. The summed E-state index contributed by atoms with van der Waals surface area (Å²) in [7, 11) is 1.60. The van der Waals surface area contributed by atoms with Gasteiger partial charge in [0.2, 0.25) is 0 Å². The van der Waals surface area contributed by atoms with Gasteiger partial charge in [0, 0.05) is 13.0 Å². The van der Waals surface area contributed by atoms with Gasteiger partial charge in [-0.15, -0.1) is 0 Å². The Bertz CT molecular complexity index is 668. The van der Waals surface area contributed by atoms with Crippen LogP contribution in [0.15, 0.2) is 41.7 Å². The second-order valence-electron chi connectivity index (χ2n) is 4.96. The van der Waals surface area contributed by atoms with Crippen LogP contribution in [0.5, 0.6) is 0 Å².